The van der Waals surface area contributed by atoms with Gasteiger partial charge in [0.15, 0.2) is 0 Å². The number of halogens is 2. The van der Waals surface area contributed by atoms with Crippen LogP contribution in [0.15, 0.2) is 12.1 Å². The summed E-state index contributed by atoms with van der Waals surface area (Å²) in [5.41, 5.74) is 5.64. The summed E-state index contributed by atoms with van der Waals surface area (Å²) < 4.78 is 27.0. The Balaban J connectivity index is 2.35. The molecule has 0 aliphatic heterocycles. The lowest BCUT2D eigenvalue weighted by molar-refractivity contribution is -0.140. The van der Waals surface area contributed by atoms with Crippen LogP contribution in [-0.2, 0) is 4.79 Å². The minimum atomic E-state index is -1.07. The maximum absolute atomic E-state index is 13.6. The lowest BCUT2D eigenvalue weighted by atomic mass is 9.68. The number of hydrogen-bond acceptors (Lipinski definition) is 2. The van der Waals surface area contributed by atoms with E-state index in [1.54, 1.807) is 0 Å². The minimum Gasteiger partial charge on any atom is -0.481 e. The molecule has 116 valence electrons. The number of carbonyl (C=O) groups is 1. The standard InChI is InChI=1S/C16H21F2NO2/c1-16(2)5-3-9(4-6-16)13(15(20)21)11-7-10(17)8-12(18)14(11)19/h7-9,13H,3-6,19H2,1-2H3,(H,20,21). The normalized spacial score (nSPS) is 20.2. The summed E-state index contributed by atoms with van der Waals surface area (Å²) in [5, 5.41) is 9.51. The summed E-state index contributed by atoms with van der Waals surface area (Å²) >= 11 is 0. The summed E-state index contributed by atoms with van der Waals surface area (Å²) in [6.45, 7) is 4.30. The molecule has 0 spiro atoms. The number of aliphatic carboxylic acids is 1. The molecule has 1 fully saturated rings. The Morgan fingerprint density at radius 3 is 2.43 bits per heavy atom. The molecule has 5 heteroatoms. The molecule has 1 aliphatic carbocycles. The van der Waals surface area contributed by atoms with Crippen molar-refractivity contribution in [3.8, 4) is 0 Å². The molecule has 2 rings (SSSR count). The topological polar surface area (TPSA) is 63.3 Å². The van der Waals surface area contributed by atoms with Crippen LogP contribution in [0.2, 0.25) is 0 Å². The molecule has 1 unspecified atom stereocenters. The number of carboxylic acid groups (broad SMARTS) is 1. The zero-order valence-electron chi connectivity index (χ0n) is 12.3. The molecule has 0 heterocycles. The van der Waals surface area contributed by atoms with Gasteiger partial charge in [0, 0.05) is 6.07 Å². The molecular formula is C16H21F2NO2. The molecule has 1 atom stereocenters. The molecule has 21 heavy (non-hydrogen) atoms. The van der Waals surface area contributed by atoms with Gasteiger partial charge in [-0.1, -0.05) is 13.8 Å². The van der Waals surface area contributed by atoms with Crippen LogP contribution in [0.3, 0.4) is 0 Å². The highest BCUT2D eigenvalue weighted by atomic mass is 19.1. The smallest absolute Gasteiger partial charge is 0.311 e. The molecule has 0 aromatic heterocycles. The van der Waals surface area contributed by atoms with E-state index in [-0.39, 0.29) is 22.6 Å². The molecule has 1 saturated carbocycles. The van der Waals surface area contributed by atoms with Gasteiger partial charge in [-0.05, 0) is 48.6 Å². The highest BCUT2D eigenvalue weighted by Gasteiger charge is 2.37. The molecular weight excluding hydrogens is 276 g/mol. The SMILES string of the molecule is CC1(C)CCC(C(C(=O)O)c2cc(F)cc(F)c2N)CC1. The van der Waals surface area contributed by atoms with Gasteiger partial charge < -0.3 is 10.8 Å². The number of carboxylic acids is 1. The fourth-order valence-electron chi connectivity index (χ4n) is 3.21. The van der Waals surface area contributed by atoms with Crippen molar-refractivity contribution < 1.29 is 18.7 Å². The fraction of sp³-hybridized carbons (Fsp3) is 0.562. The van der Waals surface area contributed by atoms with Gasteiger partial charge in [0.05, 0.1) is 11.6 Å². The highest BCUT2D eigenvalue weighted by molar-refractivity contribution is 5.79. The largest absolute Gasteiger partial charge is 0.481 e. The van der Waals surface area contributed by atoms with Gasteiger partial charge in [-0.25, -0.2) is 8.78 Å². The van der Waals surface area contributed by atoms with Crippen LogP contribution >= 0.6 is 0 Å². The molecule has 3 nitrogen and oxygen atoms in total. The van der Waals surface area contributed by atoms with Gasteiger partial charge in [0.25, 0.3) is 0 Å². The van der Waals surface area contributed by atoms with E-state index in [0.29, 0.717) is 6.07 Å². The number of benzene rings is 1. The van der Waals surface area contributed by atoms with E-state index in [1.165, 1.54) is 0 Å². The first-order valence-corrected chi connectivity index (χ1v) is 7.18. The van der Waals surface area contributed by atoms with E-state index in [0.717, 1.165) is 31.7 Å². The zero-order chi connectivity index (χ0) is 15.8. The van der Waals surface area contributed by atoms with E-state index in [9.17, 15) is 18.7 Å². The predicted molar refractivity (Wildman–Crippen MR) is 76.9 cm³/mol. The molecule has 3 N–H and O–H groups in total. The maximum atomic E-state index is 13.6. The van der Waals surface area contributed by atoms with Crippen LogP contribution in [0.4, 0.5) is 14.5 Å². The number of hydrogen-bond donors (Lipinski definition) is 2. The van der Waals surface area contributed by atoms with Crippen molar-refractivity contribution in [2.45, 2.75) is 45.4 Å². The lowest BCUT2D eigenvalue weighted by Crippen LogP contribution is -2.29. The van der Waals surface area contributed by atoms with Crippen molar-refractivity contribution in [2.24, 2.45) is 11.3 Å². The van der Waals surface area contributed by atoms with Crippen molar-refractivity contribution in [1.29, 1.82) is 0 Å². The second-order valence-electron chi connectivity index (χ2n) is 6.71. The number of anilines is 1. The van der Waals surface area contributed by atoms with Crippen LogP contribution in [0, 0.1) is 23.0 Å². The van der Waals surface area contributed by atoms with Gasteiger partial charge in [0.1, 0.15) is 11.6 Å². The molecule has 1 aromatic carbocycles. The van der Waals surface area contributed by atoms with Gasteiger partial charge >= 0.3 is 5.97 Å². The van der Waals surface area contributed by atoms with Crippen molar-refractivity contribution in [1.82, 2.24) is 0 Å². The Hall–Kier alpha value is -1.65. The van der Waals surface area contributed by atoms with Gasteiger partial charge in [0.2, 0.25) is 0 Å². The molecule has 0 radical (unpaired) electrons. The number of nitrogens with two attached hydrogens (primary N) is 1. The third kappa shape index (κ3) is 3.34. The van der Waals surface area contributed by atoms with Crippen LogP contribution < -0.4 is 5.73 Å². The average molecular weight is 297 g/mol. The van der Waals surface area contributed by atoms with E-state index >= 15 is 0 Å². The first-order valence-electron chi connectivity index (χ1n) is 7.18. The van der Waals surface area contributed by atoms with Crippen LogP contribution in [0.1, 0.15) is 51.0 Å². The quantitative estimate of drug-likeness (QED) is 0.831. The summed E-state index contributed by atoms with van der Waals surface area (Å²) in [6.07, 6.45) is 3.25. The highest BCUT2D eigenvalue weighted by Crippen LogP contribution is 2.45. The van der Waals surface area contributed by atoms with E-state index in [1.807, 2.05) is 0 Å². The molecule has 1 aliphatic rings. The third-order valence-electron chi connectivity index (χ3n) is 4.58. The van der Waals surface area contributed by atoms with Gasteiger partial charge in [-0.15, -0.1) is 0 Å². The minimum absolute atomic E-state index is 0.0599. The zero-order valence-corrected chi connectivity index (χ0v) is 12.3. The van der Waals surface area contributed by atoms with Crippen molar-refractivity contribution in [3.05, 3.63) is 29.3 Å². The monoisotopic (exact) mass is 297 g/mol. The number of nitrogen functional groups attached to an aromatic ring is 1. The molecule has 1 aromatic rings. The first kappa shape index (κ1) is 15.7. The molecule has 0 saturated heterocycles. The summed E-state index contributed by atoms with van der Waals surface area (Å²) in [7, 11) is 0. The van der Waals surface area contributed by atoms with Crippen LogP contribution in [-0.4, -0.2) is 11.1 Å². The predicted octanol–water partition coefficient (Wildman–Crippen LogP) is 3.93. The first-order chi connectivity index (χ1) is 9.71. The molecule has 0 bridgehead atoms. The Bertz CT molecular complexity index is 547. The average Bonchev–Trinajstić information content (AvgIpc) is 2.37. The summed E-state index contributed by atoms with van der Waals surface area (Å²) in [6, 6.07) is 1.73. The van der Waals surface area contributed by atoms with Gasteiger partial charge in [-0.2, -0.15) is 0 Å². The van der Waals surface area contributed by atoms with E-state index in [4.69, 9.17) is 5.73 Å². The van der Waals surface area contributed by atoms with E-state index < -0.39 is 23.5 Å². The van der Waals surface area contributed by atoms with Gasteiger partial charge in [-0.3, -0.25) is 4.79 Å². The van der Waals surface area contributed by atoms with Crippen LogP contribution in [0.25, 0.3) is 0 Å². The van der Waals surface area contributed by atoms with E-state index in [2.05, 4.69) is 13.8 Å². The fourth-order valence-corrected chi connectivity index (χ4v) is 3.21. The Kier molecular flexibility index (Phi) is 4.21. The Morgan fingerprint density at radius 2 is 1.90 bits per heavy atom. The summed E-state index contributed by atoms with van der Waals surface area (Å²) in [4.78, 5) is 11.6. The summed E-state index contributed by atoms with van der Waals surface area (Å²) in [5.74, 6) is -3.85. The third-order valence-corrected chi connectivity index (χ3v) is 4.58. The second kappa shape index (κ2) is 5.62. The van der Waals surface area contributed by atoms with Crippen molar-refractivity contribution >= 4 is 11.7 Å². The second-order valence-corrected chi connectivity index (χ2v) is 6.71. The maximum Gasteiger partial charge on any atom is 0.311 e. The van der Waals surface area contributed by atoms with Crippen molar-refractivity contribution in [3.63, 3.8) is 0 Å². The Morgan fingerprint density at radius 1 is 1.33 bits per heavy atom. The van der Waals surface area contributed by atoms with Crippen molar-refractivity contribution in [2.75, 3.05) is 5.73 Å². The Labute approximate surface area is 123 Å². The lowest BCUT2D eigenvalue weighted by Gasteiger charge is -2.37. The van der Waals surface area contributed by atoms with Crippen LogP contribution in [0.5, 0.6) is 0 Å². The molecule has 0 amide bonds. The number of rotatable bonds is 3.